The number of nitrogens with zero attached hydrogens (tertiary/aromatic N) is 1. The first-order chi connectivity index (χ1) is 12.2. The van der Waals surface area contributed by atoms with E-state index in [4.69, 9.17) is 23.2 Å². The summed E-state index contributed by atoms with van der Waals surface area (Å²) < 4.78 is 0. The Labute approximate surface area is 161 Å². The van der Waals surface area contributed by atoms with E-state index in [1.807, 2.05) is 19.2 Å². The largest absolute Gasteiger partial charge is 0.318 e. The lowest BCUT2D eigenvalue weighted by Crippen LogP contribution is -2.40. The highest BCUT2D eigenvalue weighted by Crippen LogP contribution is 2.31. The van der Waals surface area contributed by atoms with Gasteiger partial charge in [0.05, 0.1) is 10.0 Å². The fraction of sp³-hybridized carbons (Fsp3) is 0.429. The van der Waals surface area contributed by atoms with Crippen molar-refractivity contribution in [2.45, 2.75) is 25.3 Å². The molecule has 0 amide bonds. The van der Waals surface area contributed by atoms with Crippen LogP contribution < -0.4 is 5.32 Å². The van der Waals surface area contributed by atoms with E-state index in [2.05, 4.69) is 46.6 Å². The number of piperidine rings is 1. The molecule has 0 saturated carbocycles. The quantitative estimate of drug-likeness (QED) is 0.744. The van der Waals surface area contributed by atoms with Crippen molar-refractivity contribution in [3.63, 3.8) is 0 Å². The summed E-state index contributed by atoms with van der Waals surface area (Å²) in [6.45, 7) is 3.18. The SMILES string of the molecule is CNCC(c1ccc(Cl)c(Cl)c1)N1CCC(Cc2ccccc2)CC1. The molecule has 4 heteroatoms. The van der Waals surface area contributed by atoms with Crippen molar-refractivity contribution < 1.29 is 0 Å². The first kappa shape index (κ1) is 18.7. The van der Waals surface area contributed by atoms with Crippen LogP contribution in [0.25, 0.3) is 0 Å². The molecule has 3 rings (SSSR count). The van der Waals surface area contributed by atoms with Crippen molar-refractivity contribution in [3.8, 4) is 0 Å². The van der Waals surface area contributed by atoms with Crippen LogP contribution in [0.4, 0.5) is 0 Å². The Morgan fingerprint density at radius 1 is 1.04 bits per heavy atom. The van der Waals surface area contributed by atoms with Crippen LogP contribution in [-0.2, 0) is 6.42 Å². The molecule has 25 heavy (non-hydrogen) atoms. The molecule has 0 radical (unpaired) electrons. The van der Waals surface area contributed by atoms with Crippen LogP contribution in [0.1, 0.15) is 30.0 Å². The smallest absolute Gasteiger partial charge is 0.0595 e. The zero-order chi connectivity index (χ0) is 17.6. The fourth-order valence-electron chi connectivity index (χ4n) is 3.79. The van der Waals surface area contributed by atoms with Gasteiger partial charge in [-0.25, -0.2) is 0 Å². The monoisotopic (exact) mass is 376 g/mol. The Hall–Kier alpha value is -1.06. The molecule has 2 aromatic rings. The minimum absolute atomic E-state index is 0.345. The van der Waals surface area contributed by atoms with Gasteiger partial charge in [-0.15, -0.1) is 0 Å². The first-order valence-electron chi connectivity index (χ1n) is 9.05. The first-order valence-corrected chi connectivity index (χ1v) is 9.80. The number of likely N-dealkylation sites (N-methyl/N-ethyl adjacent to an activating group) is 1. The number of rotatable bonds is 6. The second kappa shape index (κ2) is 9.05. The molecular weight excluding hydrogens is 351 g/mol. The fourth-order valence-corrected chi connectivity index (χ4v) is 4.09. The highest BCUT2D eigenvalue weighted by Gasteiger charge is 2.26. The van der Waals surface area contributed by atoms with Crippen LogP contribution in [0.2, 0.25) is 10.0 Å². The third kappa shape index (κ3) is 4.98. The van der Waals surface area contributed by atoms with E-state index in [0.717, 1.165) is 25.6 Å². The molecule has 134 valence electrons. The predicted octanol–water partition coefficient (Wildman–Crippen LogP) is 5.21. The molecular formula is C21H26Cl2N2. The maximum absolute atomic E-state index is 6.24. The number of hydrogen-bond acceptors (Lipinski definition) is 2. The highest BCUT2D eigenvalue weighted by atomic mass is 35.5. The Bertz CT molecular complexity index is 667. The third-order valence-corrected chi connectivity index (χ3v) is 5.92. The van der Waals surface area contributed by atoms with Crippen molar-refractivity contribution in [3.05, 3.63) is 69.7 Å². The molecule has 0 aromatic heterocycles. The molecule has 1 atom stereocenters. The third-order valence-electron chi connectivity index (χ3n) is 5.18. The second-order valence-electron chi connectivity index (χ2n) is 6.92. The van der Waals surface area contributed by atoms with Gasteiger partial charge < -0.3 is 5.32 Å². The second-order valence-corrected chi connectivity index (χ2v) is 7.73. The molecule has 2 nitrogen and oxygen atoms in total. The van der Waals surface area contributed by atoms with Gasteiger partial charge >= 0.3 is 0 Å². The molecule has 1 aliphatic heterocycles. The minimum atomic E-state index is 0.345. The lowest BCUT2D eigenvalue weighted by Gasteiger charge is -2.38. The van der Waals surface area contributed by atoms with Gasteiger partial charge in [0.25, 0.3) is 0 Å². The summed E-state index contributed by atoms with van der Waals surface area (Å²) in [6.07, 6.45) is 3.69. The molecule has 1 fully saturated rings. The lowest BCUT2D eigenvalue weighted by molar-refractivity contribution is 0.131. The number of halogens is 2. The summed E-state index contributed by atoms with van der Waals surface area (Å²) in [6, 6.07) is 17.2. The average molecular weight is 377 g/mol. The predicted molar refractivity (Wildman–Crippen MR) is 108 cm³/mol. The molecule has 1 heterocycles. The van der Waals surface area contributed by atoms with E-state index in [1.165, 1.54) is 30.4 Å². The summed E-state index contributed by atoms with van der Waals surface area (Å²) in [7, 11) is 2.01. The standard InChI is InChI=1S/C21H26Cl2N2/c1-24-15-21(18-7-8-19(22)20(23)14-18)25-11-9-17(10-12-25)13-16-5-3-2-4-6-16/h2-8,14,17,21,24H,9-13,15H2,1H3. The van der Waals surface area contributed by atoms with Crippen molar-refractivity contribution in [1.29, 1.82) is 0 Å². The van der Waals surface area contributed by atoms with E-state index in [-0.39, 0.29) is 0 Å². The maximum Gasteiger partial charge on any atom is 0.0595 e. The number of benzene rings is 2. The number of likely N-dealkylation sites (tertiary alicyclic amines) is 1. The lowest BCUT2D eigenvalue weighted by atomic mass is 9.89. The van der Waals surface area contributed by atoms with Gasteiger partial charge in [0.1, 0.15) is 0 Å². The minimum Gasteiger partial charge on any atom is -0.318 e. The van der Waals surface area contributed by atoms with Gasteiger partial charge in [0.15, 0.2) is 0 Å². The molecule has 1 unspecified atom stereocenters. The molecule has 0 spiro atoms. The van der Waals surface area contributed by atoms with Crippen LogP contribution in [0, 0.1) is 5.92 Å². The molecule has 1 aliphatic rings. The van der Waals surface area contributed by atoms with E-state index in [0.29, 0.717) is 16.1 Å². The van der Waals surface area contributed by atoms with Crippen LogP contribution in [-0.4, -0.2) is 31.6 Å². The van der Waals surface area contributed by atoms with Crippen LogP contribution in [0.3, 0.4) is 0 Å². The zero-order valence-corrected chi connectivity index (χ0v) is 16.2. The summed E-state index contributed by atoms with van der Waals surface area (Å²) in [5.41, 5.74) is 2.70. The summed E-state index contributed by atoms with van der Waals surface area (Å²) >= 11 is 12.3. The van der Waals surface area contributed by atoms with Crippen molar-refractivity contribution in [1.82, 2.24) is 10.2 Å². The van der Waals surface area contributed by atoms with E-state index in [9.17, 15) is 0 Å². The number of nitrogens with one attached hydrogen (secondary N) is 1. The summed E-state index contributed by atoms with van der Waals surface area (Å²) in [4.78, 5) is 2.58. The average Bonchev–Trinajstić information content (AvgIpc) is 2.64. The molecule has 0 bridgehead atoms. The molecule has 2 aromatic carbocycles. The van der Waals surface area contributed by atoms with Crippen LogP contribution >= 0.6 is 23.2 Å². The molecule has 1 N–H and O–H groups in total. The topological polar surface area (TPSA) is 15.3 Å². The Balaban J connectivity index is 1.63. The normalized spacial score (nSPS) is 17.6. The Morgan fingerprint density at radius 3 is 2.40 bits per heavy atom. The van der Waals surface area contributed by atoms with Crippen LogP contribution in [0.15, 0.2) is 48.5 Å². The van der Waals surface area contributed by atoms with E-state index >= 15 is 0 Å². The highest BCUT2D eigenvalue weighted by molar-refractivity contribution is 6.42. The van der Waals surface area contributed by atoms with Crippen molar-refractivity contribution >= 4 is 23.2 Å². The Morgan fingerprint density at radius 2 is 1.76 bits per heavy atom. The summed E-state index contributed by atoms with van der Waals surface area (Å²) in [5, 5.41) is 4.59. The van der Waals surface area contributed by atoms with Gasteiger partial charge in [-0.2, -0.15) is 0 Å². The molecule has 0 aliphatic carbocycles. The van der Waals surface area contributed by atoms with Gasteiger partial charge in [0, 0.05) is 12.6 Å². The van der Waals surface area contributed by atoms with Crippen molar-refractivity contribution in [2.75, 3.05) is 26.7 Å². The van der Waals surface area contributed by atoms with Gasteiger partial charge in [-0.3, -0.25) is 4.90 Å². The van der Waals surface area contributed by atoms with Crippen molar-refractivity contribution in [2.24, 2.45) is 5.92 Å². The summed E-state index contributed by atoms with van der Waals surface area (Å²) in [5.74, 6) is 0.780. The van der Waals surface area contributed by atoms with E-state index in [1.54, 1.807) is 0 Å². The van der Waals surface area contributed by atoms with Gasteiger partial charge in [-0.1, -0.05) is 59.6 Å². The zero-order valence-electron chi connectivity index (χ0n) is 14.7. The maximum atomic E-state index is 6.24. The van der Waals surface area contributed by atoms with Gasteiger partial charge in [-0.05, 0) is 68.6 Å². The van der Waals surface area contributed by atoms with Crippen LogP contribution in [0.5, 0.6) is 0 Å². The molecule has 1 saturated heterocycles. The van der Waals surface area contributed by atoms with Gasteiger partial charge in [0.2, 0.25) is 0 Å². The number of hydrogen-bond donors (Lipinski definition) is 1. The van der Waals surface area contributed by atoms with E-state index < -0.39 is 0 Å². The Kier molecular flexibility index (Phi) is 6.77.